The number of aromatic hydroxyl groups is 1. The van der Waals surface area contributed by atoms with Gasteiger partial charge in [-0.2, -0.15) is 0 Å². The van der Waals surface area contributed by atoms with Crippen molar-refractivity contribution >= 4 is 5.71 Å². The second-order valence-corrected chi connectivity index (χ2v) is 4.68. The van der Waals surface area contributed by atoms with E-state index in [1.54, 1.807) is 12.1 Å². The number of rotatable bonds is 2. The molecule has 0 bridgehead atoms. The summed E-state index contributed by atoms with van der Waals surface area (Å²) >= 11 is 0. The molecule has 1 aromatic rings. The Kier molecular flexibility index (Phi) is 2.63. The average molecular weight is 249 g/mol. The highest BCUT2D eigenvalue weighted by atomic mass is 16.7. The second-order valence-electron chi connectivity index (χ2n) is 4.68. The van der Waals surface area contributed by atoms with Crippen LogP contribution in [0.15, 0.2) is 23.4 Å². The summed E-state index contributed by atoms with van der Waals surface area (Å²) < 4.78 is 10.5. The van der Waals surface area contributed by atoms with Crippen LogP contribution in [0.2, 0.25) is 0 Å². The van der Waals surface area contributed by atoms with E-state index in [1.807, 2.05) is 6.07 Å². The highest BCUT2D eigenvalue weighted by molar-refractivity contribution is 6.02. The summed E-state index contributed by atoms with van der Waals surface area (Å²) in [6.07, 6.45) is 1.61. The van der Waals surface area contributed by atoms with E-state index in [0.717, 1.165) is 30.7 Å². The van der Waals surface area contributed by atoms with Gasteiger partial charge in [0.2, 0.25) is 0 Å². The van der Waals surface area contributed by atoms with Crippen LogP contribution in [0.5, 0.6) is 11.5 Å². The number of nitrogens with zero attached hydrogens (tertiary/aromatic N) is 1. The maximum absolute atomic E-state index is 9.57. The molecule has 0 aliphatic carbocycles. The fraction of sp³-hybridized carbons (Fsp3) is 0.462. The summed E-state index contributed by atoms with van der Waals surface area (Å²) in [7, 11) is 1.53. The lowest BCUT2D eigenvalue weighted by Crippen LogP contribution is -2.29. The summed E-state index contributed by atoms with van der Waals surface area (Å²) in [5, 5.41) is 13.7. The molecule has 0 amide bonds. The molecule has 3 rings (SSSR count). The van der Waals surface area contributed by atoms with Crippen LogP contribution in [-0.2, 0) is 9.57 Å². The molecule has 0 unspecified atom stereocenters. The Morgan fingerprint density at radius 3 is 3.06 bits per heavy atom. The number of oxime groups is 1. The molecule has 0 aromatic heterocycles. The first-order valence-corrected chi connectivity index (χ1v) is 5.93. The molecule has 2 aliphatic rings. The molecular formula is C13H15NO4. The Morgan fingerprint density at radius 1 is 1.44 bits per heavy atom. The number of hydrogen-bond donors (Lipinski definition) is 1. The molecule has 1 aromatic carbocycles. The van der Waals surface area contributed by atoms with Gasteiger partial charge in [0.25, 0.3) is 0 Å². The Balaban J connectivity index is 1.84. The first kappa shape index (κ1) is 11.3. The molecule has 5 heteroatoms. The molecule has 96 valence electrons. The van der Waals surface area contributed by atoms with E-state index < -0.39 is 0 Å². The van der Waals surface area contributed by atoms with Gasteiger partial charge in [-0.25, -0.2) is 0 Å². The Morgan fingerprint density at radius 2 is 2.33 bits per heavy atom. The van der Waals surface area contributed by atoms with Gasteiger partial charge in [0.15, 0.2) is 17.1 Å². The molecule has 0 radical (unpaired) electrons. The van der Waals surface area contributed by atoms with E-state index in [0.29, 0.717) is 12.4 Å². The van der Waals surface area contributed by atoms with Crippen LogP contribution in [0.3, 0.4) is 0 Å². The van der Waals surface area contributed by atoms with Crippen molar-refractivity contribution in [2.75, 3.05) is 20.3 Å². The van der Waals surface area contributed by atoms with Crippen LogP contribution in [0.25, 0.3) is 0 Å². The van der Waals surface area contributed by atoms with Gasteiger partial charge in [-0.1, -0.05) is 5.16 Å². The van der Waals surface area contributed by atoms with Crippen LogP contribution in [-0.4, -0.2) is 36.7 Å². The fourth-order valence-corrected chi connectivity index (χ4v) is 2.33. The van der Waals surface area contributed by atoms with Crippen LogP contribution in [0.4, 0.5) is 0 Å². The molecule has 1 spiro atoms. The maximum atomic E-state index is 9.57. The van der Waals surface area contributed by atoms with Gasteiger partial charge in [0.1, 0.15) is 0 Å². The van der Waals surface area contributed by atoms with Crippen LogP contribution < -0.4 is 4.74 Å². The van der Waals surface area contributed by atoms with Gasteiger partial charge in [0, 0.05) is 18.4 Å². The highest BCUT2D eigenvalue weighted by Crippen LogP contribution is 2.35. The monoisotopic (exact) mass is 249 g/mol. The van der Waals surface area contributed by atoms with Crippen molar-refractivity contribution in [1.29, 1.82) is 0 Å². The molecule has 2 aliphatic heterocycles. The topological polar surface area (TPSA) is 60.3 Å². The lowest BCUT2D eigenvalue weighted by Gasteiger charge is -2.17. The molecule has 5 nitrogen and oxygen atoms in total. The van der Waals surface area contributed by atoms with Gasteiger partial charge in [0.05, 0.1) is 26.0 Å². The molecular weight excluding hydrogens is 234 g/mol. The van der Waals surface area contributed by atoms with E-state index in [1.165, 1.54) is 7.11 Å². The van der Waals surface area contributed by atoms with Gasteiger partial charge >= 0.3 is 0 Å². The van der Waals surface area contributed by atoms with E-state index in [-0.39, 0.29) is 11.4 Å². The molecule has 1 N–H and O–H groups in total. The number of benzene rings is 1. The van der Waals surface area contributed by atoms with Crippen LogP contribution in [0, 0.1) is 0 Å². The minimum absolute atomic E-state index is 0.125. The van der Waals surface area contributed by atoms with E-state index >= 15 is 0 Å². The van der Waals surface area contributed by atoms with E-state index in [9.17, 15) is 5.11 Å². The van der Waals surface area contributed by atoms with Gasteiger partial charge in [-0.15, -0.1) is 0 Å². The summed E-state index contributed by atoms with van der Waals surface area (Å²) in [4.78, 5) is 5.53. The van der Waals surface area contributed by atoms with E-state index in [2.05, 4.69) is 5.16 Å². The van der Waals surface area contributed by atoms with Crippen molar-refractivity contribution in [3.05, 3.63) is 23.8 Å². The molecule has 18 heavy (non-hydrogen) atoms. The van der Waals surface area contributed by atoms with Crippen molar-refractivity contribution in [3.8, 4) is 11.5 Å². The first-order valence-electron chi connectivity index (χ1n) is 5.93. The zero-order valence-corrected chi connectivity index (χ0v) is 10.2. The third-order valence-corrected chi connectivity index (χ3v) is 3.42. The fourth-order valence-electron chi connectivity index (χ4n) is 2.33. The smallest absolute Gasteiger partial charge is 0.168 e. The van der Waals surface area contributed by atoms with Gasteiger partial charge in [-0.05, 0) is 18.2 Å². The normalized spacial score (nSPS) is 26.2. The minimum atomic E-state index is -0.277. The second kappa shape index (κ2) is 4.17. The van der Waals surface area contributed by atoms with Gasteiger partial charge in [-0.3, -0.25) is 0 Å². The standard InChI is InChI=1S/C13H15NO4/c1-16-12-6-9(2-3-11(12)15)10-7-13(18-14-10)4-5-17-8-13/h2-3,6,15H,4-5,7-8H2,1H3/t13-/m1/s1. The summed E-state index contributed by atoms with van der Waals surface area (Å²) in [5.41, 5.74) is 1.51. The minimum Gasteiger partial charge on any atom is -0.504 e. The molecule has 0 saturated carbocycles. The lowest BCUT2D eigenvalue weighted by molar-refractivity contribution is -0.0237. The SMILES string of the molecule is COc1cc(C2=NO[C@]3(CCOC3)C2)ccc1O. The Hall–Kier alpha value is -1.75. The Bertz CT molecular complexity index is 492. The van der Waals surface area contributed by atoms with Crippen LogP contribution >= 0.6 is 0 Å². The largest absolute Gasteiger partial charge is 0.504 e. The van der Waals surface area contributed by atoms with Crippen molar-refractivity contribution in [3.63, 3.8) is 0 Å². The third kappa shape index (κ3) is 1.80. The predicted octanol–water partition coefficient (Wildman–Crippen LogP) is 1.68. The van der Waals surface area contributed by atoms with E-state index in [4.69, 9.17) is 14.3 Å². The summed E-state index contributed by atoms with van der Waals surface area (Å²) in [6, 6.07) is 5.19. The zero-order valence-electron chi connectivity index (χ0n) is 10.2. The lowest BCUT2D eigenvalue weighted by atomic mass is 9.93. The number of hydrogen-bond acceptors (Lipinski definition) is 5. The number of methoxy groups -OCH3 is 1. The van der Waals surface area contributed by atoms with Gasteiger partial charge < -0.3 is 19.4 Å². The molecule has 1 atom stereocenters. The third-order valence-electron chi connectivity index (χ3n) is 3.42. The van der Waals surface area contributed by atoms with Crippen molar-refractivity contribution in [2.24, 2.45) is 5.16 Å². The number of ether oxygens (including phenoxy) is 2. The number of phenols is 1. The van der Waals surface area contributed by atoms with Crippen molar-refractivity contribution < 1.29 is 19.4 Å². The number of phenolic OH excluding ortho intramolecular Hbond substituents is 1. The molecule has 2 heterocycles. The molecule has 1 saturated heterocycles. The highest BCUT2D eigenvalue weighted by Gasteiger charge is 2.43. The quantitative estimate of drug-likeness (QED) is 0.866. The summed E-state index contributed by atoms with van der Waals surface area (Å²) in [6.45, 7) is 1.32. The molecule has 1 fully saturated rings. The van der Waals surface area contributed by atoms with Crippen molar-refractivity contribution in [1.82, 2.24) is 0 Å². The summed E-state index contributed by atoms with van der Waals surface area (Å²) in [5.74, 6) is 0.568. The average Bonchev–Trinajstić information content (AvgIpc) is 3.01. The first-order chi connectivity index (χ1) is 8.72. The Labute approximate surface area is 105 Å². The zero-order chi connectivity index (χ0) is 12.6. The van der Waals surface area contributed by atoms with Crippen molar-refractivity contribution in [2.45, 2.75) is 18.4 Å². The van der Waals surface area contributed by atoms with Crippen LogP contribution in [0.1, 0.15) is 18.4 Å². The maximum Gasteiger partial charge on any atom is 0.168 e. The predicted molar refractivity (Wildman–Crippen MR) is 65.1 cm³/mol.